The molecule has 0 saturated heterocycles. The minimum Gasteiger partial charge on any atom is -0.462 e. The van der Waals surface area contributed by atoms with Crippen LogP contribution in [0.3, 0.4) is 0 Å². The number of aliphatic hydroxyl groups excluding tert-OH is 1. The molecule has 0 aromatic heterocycles. The van der Waals surface area contributed by atoms with Crippen molar-refractivity contribution < 1.29 is 80.2 Å². The quantitative estimate of drug-likeness (QED) is 0.0169. The van der Waals surface area contributed by atoms with Gasteiger partial charge in [-0.05, 0) is 122 Å². The predicted octanol–water partition coefficient (Wildman–Crippen LogP) is 21.2. The number of allylic oxidation sites excluding steroid dienone is 15. The molecule has 17 nitrogen and oxygen atoms in total. The van der Waals surface area contributed by atoms with Crippen molar-refractivity contribution in [2.75, 3.05) is 39.6 Å². The molecule has 0 aliphatic carbocycles. The lowest BCUT2D eigenvalue weighted by atomic mass is 10.1. The van der Waals surface area contributed by atoms with Crippen molar-refractivity contribution in [3.63, 3.8) is 0 Å². The fourth-order valence-corrected chi connectivity index (χ4v) is 11.4. The van der Waals surface area contributed by atoms with Gasteiger partial charge < -0.3 is 33.8 Å². The van der Waals surface area contributed by atoms with Crippen molar-refractivity contribution in [3.8, 4) is 0 Å². The van der Waals surface area contributed by atoms with Gasteiger partial charge in [-0.2, -0.15) is 0 Å². The highest BCUT2D eigenvalue weighted by Gasteiger charge is 2.30. The fraction of sp³-hybridized carbons (Fsp3) is 0.740. The zero-order valence-corrected chi connectivity index (χ0v) is 62.1. The first-order valence-electron chi connectivity index (χ1n) is 37.5. The van der Waals surface area contributed by atoms with Gasteiger partial charge in [0.2, 0.25) is 0 Å². The van der Waals surface area contributed by atoms with Gasteiger partial charge in [0.05, 0.1) is 32.8 Å². The molecule has 554 valence electrons. The number of aliphatic hydroxyl groups is 1. The van der Waals surface area contributed by atoms with Crippen LogP contribution < -0.4 is 0 Å². The summed E-state index contributed by atoms with van der Waals surface area (Å²) < 4.78 is 68.2. The Morgan fingerprint density at radius 2 is 0.594 bits per heavy atom. The van der Waals surface area contributed by atoms with Crippen molar-refractivity contribution in [2.24, 2.45) is 0 Å². The Kier molecular flexibility index (Phi) is 66.6. The van der Waals surface area contributed by atoms with E-state index in [1.54, 1.807) is 6.08 Å². The molecule has 0 spiro atoms. The van der Waals surface area contributed by atoms with Gasteiger partial charge in [0.15, 0.2) is 12.2 Å². The van der Waals surface area contributed by atoms with E-state index in [1.165, 1.54) is 89.9 Å². The Morgan fingerprint density at radius 1 is 0.312 bits per heavy atom. The molecule has 0 saturated carbocycles. The molecule has 19 heteroatoms. The second-order valence-corrected chi connectivity index (χ2v) is 27.8. The van der Waals surface area contributed by atoms with Crippen LogP contribution in [0.5, 0.6) is 0 Å². The Hall–Kier alpha value is -4.02. The smallest absolute Gasteiger partial charge is 0.462 e. The SMILES string of the molecule is CC/C=C\C/C=C\C/C=C\C/C=C\C/C=C\CC(=O)OCC(COP(=O)(O)OCC(O)COP(=O)(O)OCC(COC(=O)CCCCCCC/C=C\CCCCCCCC)OC(=O)CCCCCCC/C=C\CCCCCCCC)OC(=O)CCCCCCC/C=C\CCCC. The molecule has 0 aromatic carbocycles. The molecular weight excluding hydrogens is 1260 g/mol. The highest BCUT2D eigenvalue weighted by molar-refractivity contribution is 7.47. The zero-order valence-electron chi connectivity index (χ0n) is 60.3. The first-order valence-corrected chi connectivity index (χ1v) is 40.5. The number of carbonyl (C=O) groups excluding carboxylic acids is 4. The summed E-state index contributed by atoms with van der Waals surface area (Å²) in [6.07, 6.45) is 71.5. The van der Waals surface area contributed by atoms with Gasteiger partial charge in [0, 0.05) is 19.3 Å². The molecule has 3 N–H and O–H groups in total. The molecule has 96 heavy (non-hydrogen) atoms. The van der Waals surface area contributed by atoms with Crippen LogP contribution in [0.1, 0.15) is 310 Å². The van der Waals surface area contributed by atoms with Gasteiger partial charge in [-0.15, -0.1) is 0 Å². The molecule has 0 bridgehead atoms. The molecule has 5 atom stereocenters. The van der Waals surface area contributed by atoms with E-state index in [1.807, 2.05) is 18.2 Å². The second kappa shape index (κ2) is 69.5. The summed E-state index contributed by atoms with van der Waals surface area (Å²) in [4.78, 5) is 72.7. The van der Waals surface area contributed by atoms with Crippen LogP contribution in [-0.4, -0.2) is 96.7 Å². The van der Waals surface area contributed by atoms with Gasteiger partial charge in [-0.3, -0.25) is 37.3 Å². The number of carbonyl (C=O) groups is 4. The van der Waals surface area contributed by atoms with E-state index in [0.29, 0.717) is 25.7 Å². The zero-order chi connectivity index (χ0) is 70.4. The monoisotopic (exact) mass is 1390 g/mol. The third-order valence-corrected chi connectivity index (χ3v) is 17.4. The summed E-state index contributed by atoms with van der Waals surface area (Å²) in [7, 11) is -9.97. The van der Waals surface area contributed by atoms with Crippen molar-refractivity contribution >= 4 is 39.5 Å². The lowest BCUT2D eigenvalue weighted by Gasteiger charge is -2.21. The van der Waals surface area contributed by atoms with Gasteiger partial charge in [-0.1, -0.05) is 260 Å². The van der Waals surface area contributed by atoms with E-state index < -0.39 is 97.5 Å². The van der Waals surface area contributed by atoms with Crippen LogP contribution in [-0.2, 0) is 65.4 Å². The Balaban J connectivity index is 5.39. The number of phosphoric ester groups is 2. The van der Waals surface area contributed by atoms with E-state index in [0.717, 1.165) is 141 Å². The number of hydrogen-bond donors (Lipinski definition) is 3. The molecule has 0 rings (SSSR count). The van der Waals surface area contributed by atoms with E-state index in [2.05, 4.69) is 101 Å². The van der Waals surface area contributed by atoms with E-state index in [9.17, 15) is 43.2 Å². The van der Waals surface area contributed by atoms with Crippen molar-refractivity contribution in [1.82, 2.24) is 0 Å². The van der Waals surface area contributed by atoms with Gasteiger partial charge in [-0.25, -0.2) is 9.13 Å². The standard InChI is InChI=1S/C77H134O17P2/c1-5-9-13-17-21-25-29-32-35-38-42-45-49-53-57-61-74(79)87-67-72(93-76(81)63-59-55-51-47-41-28-24-20-16-12-8-4)69-91-95(83,84)89-65-71(78)66-90-96(85,86)92-70-73(94-77(82)64-60-56-52-48-44-40-37-34-31-27-23-19-15-11-7-3)68-88-75(80)62-58-54-50-46-43-39-36-33-30-26-22-18-14-10-6-2/h9,13,20-21,24-25,32-37,42,45,53,57,71-73,78H,5-8,10-12,14-19,22-23,26-31,38-41,43-44,46-52,54-56,58-70H2,1-4H3,(H,83,84)(H,85,86)/b13-9-,24-20-,25-21-,35-32-,36-33-,37-34-,45-42-,57-53-. The van der Waals surface area contributed by atoms with Crippen molar-refractivity contribution in [2.45, 2.75) is 329 Å². The van der Waals surface area contributed by atoms with Crippen LogP contribution in [0.15, 0.2) is 97.2 Å². The lowest BCUT2D eigenvalue weighted by molar-refractivity contribution is -0.161. The Bertz CT molecular complexity index is 2200. The molecule has 0 fully saturated rings. The third-order valence-electron chi connectivity index (χ3n) is 15.5. The molecule has 0 radical (unpaired) electrons. The molecule has 0 amide bonds. The van der Waals surface area contributed by atoms with E-state index >= 15 is 0 Å². The highest BCUT2D eigenvalue weighted by Crippen LogP contribution is 2.45. The number of hydrogen-bond acceptors (Lipinski definition) is 15. The van der Waals surface area contributed by atoms with Gasteiger partial charge in [0.25, 0.3) is 0 Å². The topological polar surface area (TPSA) is 237 Å². The summed E-state index contributed by atoms with van der Waals surface area (Å²) in [6.45, 7) is 4.58. The predicted molar refractivity (Wildman–Crippen MR) is 390 cm³/mol. The van der Waals surface area contributed by atoms with Crippen LogP contribution >= 0.6 is 15.6 Å². The number of ether oxygens (including phenoxy) is 4. The maximum Gasteiger partial charge on any atom is 0.472 e. The molecule has 0 aliphatic rings. The minimum absolute atomic E-state index is 0.0645. The van der Waals surface area contributed by atoms with Crippen molar-refractivity contribution in [1.29, 1.82) is 0 Å². The number of phosphoric acid groups is 2. The highest BCUT2D eigenvalue weighted by atomic mass is 31.2. The van der Waals surface area contributed by atoms with E-state index in [4.69, 9.17) is 37.0 Å². The number of rotatable bonds is 70. The number of esters is 4. The van der Waals surface area contributed by atoms with Gasteiger partial charge in [0.1, 0.15) is 19.3 Å². The average Bonchev–Trinajstić information content (AvgIpc) is 1.11. The van der Waals surface area contributed by atoms with Gasteiger partial charge >= 0.3 is 39.5 Å². The summed E-state index contributed by atoms with van der Waals surface area (Å²) in [5, 5.41) is 10.6. The normalized spacial score (nSPS) is 14.5. The summed E-state index contributed by atoms with van der Waals surface area (Å²) in [6, 6.07) is 0. The van der Waals surface area contributed by atoms with Crippen molar-refractivity contribution in [3.05, 3.63) is 97.2 Å². The number of unbranched alkanes of at least 4 members (excludes halogenated alkanes) is 29. The van der Waals surface area contributed by atoms with Crippen LogP contribution in [0.4, 0.5) is 0 Å². The molecule has 0 heterocycles. The maximum absolute atomic E-state index is 13.1. The molecule has 0 aromatic rings. The molecule has 0 aliphatic heterocycles. The lowest BCUT2D eigenvalue weighted by Crippen LogP contribution is -2.30. The first kappa shape index (κ1) is 92.0. The Morgan fingerprint density at radius 3 is 0.948 bits per heavy atom. The summed E-state index contributed by atoms with van der Waals surface area (Å²) in [5.41, 5.74) is 0. The van der Waals surface area contributed by atoms with Crippen LogP contribution in [0, 0.1) is 0 Å². The summed E-state index contributed by atoms with van der Waals surface area (Å²) in [5.74, 6) is -2.34. The minimum atomic E-state index is -4.99. The maximum atomic E-state index is 13.1. The van der Waals surface area contributed by atoms with Crippen LogP contribution in [0.2, 0.25) is 0 Å². The second-order valence-electron chi connectivity index (χ2n) is 24.9. The average molecular weight is 1390 g/mol. The fourth-order valence-electron chi connectivity index (χ4n) is 9.79. The van der Waals surface area contributed by atoms with E-state index in [-0.39, 0.29) is 25.7 Å². The molecule has 5 unspecified atom stereocenters. The first-order chi connectivity index (χ1) is 46.7. The molecular formula is C77H134O17P2. The summed E-state index contributed by atoms with van der Waals surface area (Å²) >= 11 is 0. The largest absolute Gasteiger partial charge is 0.472 e. The Labute approximate surface area is 582 Å². The van der Waals surface area contributed by atoms with Crippen LogP contribution in [0.25, 0.3) is 0 Å². The third kappa shape index (κ3) is 68.5.